The molecule has 2 nitrogen and oxygen atoms in total. The van der Waals surface area contributed by atoms with Gasteiger partial charge in [0, 0.05) is 29.8 Å². The Balaban J connectivity index is 1.65. The van der Waals surface area contributed by atoms with E-state index < -0.39 is 17.5 Å². The lowest BCUT2D eigenvalue weighted by Gasteiger charge is -2.13. The summed E-state index contributed by atoms with van der Waals surface area (Å²) in [7, 11) is 0. The maximum Gasteiger partial charge on any atom is 0.194 e. The summed E-state index contributed by atoms with van der Waals surface area (Å²) >= 11 is 0. The fourth-order valence-electron chi connectivity index (χ4n) is 2.29. The SMILES string of the molecule is Fc1ccc2c(c1)CC(CNc1cc(F)c(F)c(F)c1)O2. The Morgan fingerprint density at radius 1 is 1.05 bits per heavy atom. The third-order valence-corrected chi connectivity index (χ3v) is 3.28. The van der Waals surface area contributed by atoms with Crippen molar-refractivity contribution in [1.29, 1.82) is 0 Å². The van der Waals surface area contributed by atoms with Gasteiger partial charge in [-0.05, 0) is 18.2 Å². The smallest absolute Gasteiger partial charge is 0.194 e. The molecule has 6 heteroatoms. The first-order valence-corrected chi connectivity index (χ1v) is 6.36. The Kier molecular flexibility index (Phi) is 3.45. The Bertz CT molecular complexity index is 666. The zero-order valence-corrected chi connectivity index (χ0v) is 10.8. The molecule has 0 amide bonds. The number of anilines is 1. The molecule has 0 spiro atoms. The molecule has 0 saturated carbocycles. The number of benzene rings is 2. The third-order valence-electron chi connectivity index (χ3n) is 3.28. The Morgan fingerprint density at radius 2 is 1.76 bits per heavy atom. The number of fused-ring (bicyclic) bond motifs is 1. The van der Waals surface area contributed by atoms with Crippen molar-refractivity contribution in [2.45, 2.75) is 12.5 Å². The average Bonchev–Trinajstić information content (AvgIpc) is 2.84. The zero-order valence-electron chi connectivity index (χ0n) is 10.8. The average molecular weight is 297 g/mol. The lowest BCUT2D eigenvalue weighted by Crippen LogP contribution is -2.24. The monoisotopic (exact) mass is 297 g/mol. The summed E-state index contributed by atoms with van der Waals surface area (Å²) in [4.78, 5) is 0. The summed E-state index contributed by atoms with van der Waals surface area (Å²) in [6.07, 6.45) is 0.213. The van der Waals surface area contributed by atoms with E-state index in [0.29, 0.717) is 12.2 Å². The first-order chi connectivity index (χ1) is 10.0. The number of rotatable bonds is 3. The van der Waals surface area contributed by atoms with Gasteiger partial charge >= 0.3 is 0 Å². The Labute approximate surface area is 118 Å². The van der Waals surface area contributed by atoms with Gasteiger partial charge in [0.2, 0.25) is 0 Å². The maximum absolute atomic E-state index is 13.1. The standard InChI is InChI=1S/C15H11F4NO/c16-9-1-2-14-8(3-9)4-11(21-14)7-20-10-5-12(17)15(19)13(18)6-10/h1-3,5-6,11,20H,4,7H2. The van der Waals surface area contributed by atoms with Crippen LogP contribution in [0.25, 0.3) is 0 Å². The molecule has 1 atom stereocenters. The van der Waals surface area contributed by atoms with Crippen LogP contribution in [0.1, 0.15) is 5.56 Å². The van der Waals surface area contributed by atoms with Crippen molar-refractivity contribution in [2.24, 2.45) is 0 Å². The zero-order chi connectivity index (χ0) is 15.0. The van der Waals surface area contributed by atoms with Crippen LogP contribution in [0.3, 0.4) is 0 Å². The lowest BCUT2D eigenvalue weighted by molar-refractivity contribution is 0.246. The van der Waals surface area contributed by atoms with Gasteiger partial charge in [0.05, 0.1) is 6.54 Å². The molecule has 0 saturated heterocycles. The van der Waals surface area contributed by atoms with E-state index in [1.807, 2.05) is 0 Å². The predicted molar refractivity (Wildman–Crippen MR) is 69.3 cm³/mol. The van der Waals surface area contributed by atoms with E-state index in [0.717, 1.165) is 17.7 Å². The van der Waals surface area contributed by atoms with Gasteiger partial charge < -0.3 is 10.1 Å². The summed E-state index contributed by atoms with van der Waals surface area (Å²) in [6, 6.07) is 5.99. The van der Waals surface area contributed by atoms with E-state index in [1.54, 1.807) is 6.07 Å². The molecule has 2 aromatic rings. The van der Waals surface area contributed by atoms with Crippen LogP contribution >= 0.6 is 0 Å². The highest BCUT2D eigenvalue weighted by Gasteiger charge is 2.23. The summed E-state index contributed by atoms with van der Waals surface area (Å²) in [6.45, 7) is 0.265. The molecular formula is C15H11F4NO. The molecule has 2 aromatic carbocycles. The molecule has 3 rings (SSSR count). The molecule has 1 N–H and O–H groups in total. The molecule has 1 aliphatic heterocycles. The second-order valence-corrected chi connectivity index (χ2v) is 4.83. The molecule has 21 heavy (non-hydrogen) atoms. The normalized spacial score (nSPS) is 16.5. The van der Waals surface area contributed by atoms with Crippen molar-refractivity contribution in [3.8, 4) is 5.75 Å². The molecule has 1 unspecified atom stereocenters. The molecule has 0 aliphatic carbocycles. The minimum absolute atomic E-state index is 0.122. The molecular weight excluding hydrogens is 286 g/mol. The van der Waals surface area contributed by atoms with Crippen molar-refractivity contribution in [3.63, 3.8) is 0 Å². The number of nitrogens with one attached hydrogen (secondary N) is 1. The second-order valence-electron chi connectivity index (χ2n) is 4.83. The highest BCUT2D eigenvalue weighted by molar-refractivity contribution is 5.45. The van der Waals surface area contributed by atoms with Gasteiger partial charge in [0.25, 0.3) is 0 Å². The van der Waals surface area contributed by atoms with E-state index in [2.05, 4.69) is 5.32 Å². The molecule has 1 aliphatic rings. The van der Waals surface area contributed by atoms with Crippen molar-refractivity contribution in [3.05, 3.63) is 59.2 Å². The molecule has 110 valence electrons. The van der Waals surface area contributed by atoms with Crippen LogP contribution in [0.2, 0.25) is 0 Å². The van der Waals surface area contributed by atoms with Gasteiger partial charge in [-0.1, -0.05) is 0 Å². The third kappa shape index (κ3) is 2.79. The van der Waals surface area contributed by atoms with E-state index in [9.17, 15) is 17.6 Å². The number of hydrogen-bond acceptors (Lipinski definition) is 2. The summed E-state index contributed by atoms with van der Waals surface area (Å²) in [5.74, 6) is -3.75. The van der Waals surface area contributed by atoms with E-state index >= 15 is 0 Å². The van der Waals surface area contributed by atoms with Crippen molar-refractivity contribution >= 4 is 5.69 Å². The van der Waals surface area contributed by atoms with Crippen LogP contribution in [-0.2, 0) is 6.42 Å². The summed E-state index contributed by atoms with van der Waals surface area (Å²) in [5, 5.41) is 2.78. The van der Waals surface area contributed by atoms with Crippen LogP contribution in [0, 0.1) is 23.3 Å². The lowest BCUT2D eigenvalue weighted by atomic mass is 10.1. The molecule has 0 radical (unpaired) electrons. The molecule has 1 heterocycles. The van der Waals surface area contributed by atoms with Crippen LogP contribution in [0.5, 0.6) is 5.75 Å². The largest absolute Gasteiger partial charge is 0.488 e. The molecule has 0 fully saturated rings. The number of hydrogen-bond donors (Lipinski definition) is 1. The highest BCUT2D eigenvalue weighted by atomic mass is 19.2. The number of halogens is 4. The summed E-state index contributed by atoms with van der Waals surface area (Å²) in [5.41, 5.74) is 0.871. The van der Waals surface area contributed by atoms with Crippen LogP contribution in [0.15, 0.2) is 30.3 Å². The van der Waals surface area contributed by atoms with Crippen LogP contribution in [0.4, 0.5) is 23.2 Å². The number of ether oxygens (including phenoxy) is 1. The highest BCUT2D eigenvalue weighted by Crippen LogP contribution is 2.29. The predicted octanol–water partition coefficient (Wildman–Crippen LogP) is 3.66. The fourth-order valence-corrected chi connectivity index (χ4v) is 2.29. The van der Waals surface area contributed by atoms with Crippen LogP contribution < -0.4 is 10.1 Å². The van der Waals surface area contributed by atoms with E-state index in [-0.39, 0.29) is 24.2 Å². The van der Waals surface area contributed by atoms with Gasteiger partial charge in [0.15, 0.2) is 17.5 Å². The summed E-state index contributed by atoms with van der Waals surface area (Å²) < 4.78 is 57.6. The van der Waals surface area contributed by atoms with Crippen molar-refractivity contribution in [2.75, 3.05) is 11.9 Å². The topological polar surface area (TPSA) is 21.3 Å². The Hall–Kier alpha value is -2.24. The minimum Gasteiger partial charge on any atom is -0.488 e. The van der Waals surface area contributed by atoms with Gasteiger partial charge in [-0.25, -0.2) is 17.6 Å². The quantitative estimate of drug-likeness (QED) is 0.689. The Morgan fingerprint density at radius 3 is 2.48 bits per heavy atom. The first-order valence-electron chi connectivity index (χ1n) is 6.36. The van der Waals surface area contributed by atoms with Crippen molar-refractivity contribution in [1.82, 2.24) is 0 Å². The molecule has 0 aromatic heterocycles. The maximum atomic E-state index is 13.1. The van der Waals surface area contributed by atoms with E-state index in [4.69, 9.17) is 4.74 Å². The van der Waals surface area contributed by atoms with Gasteiger partial charge in [-0.2, -0.15) is 0 Å². The van der Waals surface area contributed by atoms with Gasteiger partial charge in [-0.3, -0.25) is 0 Å². The van der Waals surface area contributed by atoms with E-state index in [1.165, 1.54) is 12.1 Å². The second kappa shape index (κ2) is 5.27. The minimum atomic E-state index is -1.50. The first kappa shape index (κ1) is 13.7. The fraction of sp³-hybridized carbons (Fsp3) is 0.200. The van der Waals surface area contributed by atoms with Crippen molar-refractivity contribution < 1.29 is 22.3 Å². The van der Waals surface area contributed by atoms with Crippen LogP contribution in [-0.4, -0.2) is 12.6 Å². The van der Waals surface area contributed by atoms with Gasteiger partial charge in [0.1, 0.15) is 17.7 Å². The molecule has 0 bridgehead atoms. The van der Waals surface area contributed by atoms with Gasteiger partial charge in [-0.15, -0.1) is 0 Å².